The van der Waals surface area contributed by atoms with Gasteiger partial charge in [0.1, 0.15) is 5.75 Å². The summed E-state index contributed by atoms with van der Waals surface area (Å²) >= 11 is 0. The molecule has 0 radical (unpaired) electrons. The van der Waals surface area contributed by atoms with Crippen molar-refractivity contribution < 1.29 is 4.43 Å². The highest BCUT2D eigenvalue weighted by atomic mass is 28.4. The molecule has 2 aromatic rings. The first kappa shape index (κ1) is 17.5. The molecule has 0 aliphatic rings. The normalized spacial score (nSPS) is 12.6. The van der Waals surface area contributed by atoms with Crippen molar-refractivity contribution in [3.63, 3.8) is 0 Å². The first-order chi connectivity index (χ1) is 10.7. The van der Waals surface area contributed by atoms with Crippen molar-refractivity contribution in [2.45, 2.75) is 45.8 Å². The third-order valence-corrected chi connectivity index (χ3v) is 4.19. The maximum absolute atomic E-state index is 6.43. The summed E-state index contributed by atoms with van der Waals surface area (Å²) in [6.45, 7) is 13.3. The maximum atomic E-state index is 6.43. The van der Waals surface area contributed by atoms with Gasteiger partial charge in [-0.2, -0.15) is 0 Å². The van der Waals surface area contributed by atoms with Gasteiger partial charge in [-0.3, -0.25) is 4.99 Å². The van der Waals surface area contributed by atoms with E-state index in [-0.39, 0.29) is 5.41 Å². The molecule has 0 unspecified atom stereocenters. The van der Waals surface area contributed by atoms with Crippen LogP contribution in [0.2, 0.25) is 19.6 Å². The highest BCUT2D eigenvalue weighted by Crippen LogP contribution is 2.35. The highest BCUT2D eigenvalue weighted by Gasteiger charge is 2.25. The van der Waals surface area contributed by atoms with Crippen LogP contribution in [0.3, 0.4) is 0 Å². The fourth-order valence-corrected chi connectivity index (χ4v) is 3.17. The van der Waals surface area contributed by atoms with Crippen LogP contribution in [0.15, 0.2) is 53.5 Å². The average molecular weight is 326 g/mol. The third-order valence-electron chi connectivity index (χ3n) is 3.37. The number of benzene rings is 2. The summed E-state index contributed by atoms with van der Waals surface area (Å²) in [5.74, 6) is 0.985. The molecule has 0 aliphatic carbocycles. The molecule has 0 fully saturated rings. The first-order valence-electron chi connectivity index (χ1n) is 8.08. The molecule has 0 aliphatic heterocycles. The molecule has 0 atom stereocenters. The summed E-state index contributed by atoms with van der Waals surface area (Å²) in [5.41, 5.74) is 3.26. The van der Waals surface area contributed by atoms with Crippen molar-refractivity contribution in [3.05, 3.63) is 59.7 Å². The van der Waals surface area contributed by atoms with Crippen molar-refractivity contribution in [1.82, 2.24) is 0 Å². The van der Waals surface area contributed by atoms with Gasteiger partial charge in [-0.15, -0.1) is 0 Å². The molecule has 122 valence electrons. The minimum absolute atomic E-state index is 0.0333. The van der Waals surface area contributed by atoms with E-state index in [4.69, 9.17) is 4.43 Å². The van der Waals surface area contributed by atoms with E-state index in [1.54, 1.807) is 0 Å². The summed E-state index contributed by atoms with van der Waals surface area (Å²) < 4.78 is 6.43. The molecular formula is C20H27NOSi. The van der Waals surface area contributed by atoms with Gasteiger partial charge in [0.25, 0.3) is 0 Å². The number of nitrogens with zero attached hydrogens (tertiary/aromatic N) is 1. The minimum Gasteiger partial charge on any atom is -0.544 e. The lowest BCUT2D eigenvalue weighted by Gasteiger charge is -2.28. The van der Waals surface area contributed by atoms with Crippen LogP contribution in [0, 0.1) is 0 Å². The largest absolute Gasteiger partial charge is 0.544 e. The Hall–Kier alpha value is -1.87. The van der Waals surface area contributed by atoms with E-state index in [0.717, 1.165) is 17.0 Å². The summed E-state index contributed by atoms with van der Waals surface area (Å²) in [7, 11) is -1.71. The number of aliphatic imine (C=N–C) groups is 1. The van der Waals surface area contributed by atoms with E-state index >= 15 is 0 Å². The van der Waals surface area contributed by atoms with Gasteiger partial charge in [-0.25, -0.2) is 0 Å². The van der Waals surface area contributed by atoms with Crippen LogP contribution in [0.1, 0.15) is 31.9 Å². The first-order valence-corrected chi connectivity index (χ1v) is 11.5. The number of rotatable bonds is 4. The second kappa shape index (κ2) is 6.71. The van der Waals surface area contributed by atoms with Crippen molar-refractivity contribution in [1.29, 1.82) is 0 Å². The van der Waals surface area contributed by atoms with Gasteiger partial charge < -0.3 is 4.43 Å². The smallest absolute Gasteiger partial charge is 0.242 e. The van der Waals surface area contributed by atoms with E-state index in [9.17, 15) is 0 Å². The Morgan fingerprint density at radius 1 is 0.913 bits per heavy atom. The standard InChI is InChI=1S/C20H27NOSi/c1-20(2,3)18-14-10-11-16(19(18)22-23(4,5)6)15-21-17-12-8-7-9-13-17/h7-15H,1-6H3. The molecule has 2 rings (SSSR count). The van der Waals surface area contributed by atoms with Crippen LogP contribution in [0.4, 0.5) is 5.69 Å². The molecule has 0 bridgehead atoms. The van der Waals surface area contributed by atoms with Crippen LogP contribution >= 0.6 is 0 Å². The van der Waals surface area contributed by atoms with Crippen LogP contribution in [0.25, 0.3) is 0 Å². The van der Waals surface area contributed by atoms with Crippen molar-refractivity contribution in [3.8, 4) is 5.75 Å². The fraction of sp³-hybridized carbons (Fsp3) is 0.350. The molecule has 23 heavy (non-hydrogen) atoms. The van der Waals surface area contributed by atoms with Crippen molar-refractivity contribution in [2.24, 2.45) is 4.99 Å². The van der Waals surface area contributed by atoms with E-state index in [2.05, 4.69) is 63.6 Å². The lowest BCUT2D eigenvalue weighted by molar-refractivity contribution is 0.507. The monoisotopic (exact) mass is 325 g/mol. The lowest BCUT2D eigenvalue weighted by atomic mass is 9.85. The van der Waals surface area contributed by atoms with Crippen LogP contribution in [-0.4, -0.2) is 14.5 Å². The Bertz CT molecular complexity index is 679. The molecule has 0 N–H and O–H groups in total. The second-order valence-electron chi connectivity index (χ2n) is 7.78. The van der Waals surface area contributed by atoms with Crippen LogP contribution in [0.5, 0.6) is 5.75 Å². The topological polar surface area (TPSA) is 21.6 Å². The summed E-state index contributed by atoms with van der Waals surface area (Å²) in [6, 6.07) is 16.3. The molecule has 0 saturated carbocycles. The number of para-hydroxylation sites is 2. The number of hydrogen-bond donors (Lipinski definition) is 0. The van der Waals surface area contributed by atoms with Gasteiger partial charge in [0.15, 0.2) is 0 Å². The van der Waals surface area contributed by atoms with Gasteiger partial charge in [0, 0.05) is 11.8 Å². The fourth-order valence-electron chi connectivity index (χ4n) is 2.33. The lowest BCUT2D eigenvalue weighted by Crippen LogP contribution is -2.31. The minimum atomic E-state index is -1.71. The SMILES string of the molecule is CC(C)(C)c1cccc(C=Nc2ccccc2)c1O[Si](C)(C)C. The van der Waals surface area contributed by atoms with Crippen molar-refractivity contribution >= 4 is 20.2 Å². The molecule has 3 heteroatoms. The van der Waals surface area contributed by atoms with Gasteiger partial charge in [0.2, 0.25) is 8.32 Å². The highest BCUT2D eigenvalue weighted by molar-refractivity contribution is 6.70. The molecule has 0 heterocycles. The zero-order chi connectivity index (χ0) is 17.1. The summed E-state index contributed by atoms with van der Waals surface area (Å²) in [5, 5.41) is 0. The van der Waals surface area contributed by atoms with Gasteiger partial charge >= 0.3 is 0 Å². The van der Waals surface area contributed by atoms with E-state index in [1.807, 2.05) is 36.5 Å². The molecular weight excluding hydrogens is 298 g/mol. The Morgan fingerprint density at radius 2 is 1.57 bits per heavy atom. The third kappa shape index (κ3) is 5.07. The zero-order valence-corrected chi connectivity index (χ0v) is 16.1. The van der Waals surface area contributed by atoms with Gasteiger partial charge in [-0.05, 0) is 48.8 Å². The number of hydrogen-bond acceptors (Lipinski definition) is 2. The molecule has 0 spiro atoms. The summed E-state index contributed by atoms with van der Waals surface area (Å²) in [6.07, 6.45) is 1.92. The summed E-state index contributed by atoms with van der Waals surface area (Å²) in [4.78, 5) is 4.60. The van der Waals surface area contributed by atoms with E-state index in [1.165, 1.54) is 5.56 Å². The average Bonchev–Trinajstić information content (AvgIpc) is 2.44. The Labute approximate surface area is 141 Å². The Balaban J connectivity index is 2.48. The molecule has 0 aromatic heterocycles. The zero-order valence-electron chi connectivity index (χ0n) is 15.1. The predicted molar refractivity (Wildman–Crippen MR) is 103 cm³/mol. The van der Waals surface area contributed by atoms with Crippen LogP contribution in [-0.2, 0) is 5.41 Å². The van der Waals surface area contributed by atoms with Crippen molar-refractivity contribution in [2.75, 3.05) is 0 Å². The van der Waals surface area contributed by atoms with Gasteiger partial charge in [0.05, 0.1) is 5.69 Å². The molecule has 0 saturated heterocycles. The van der Waals surface area contributed by atoms with Gasteiger partial charge in [-0.1, -0.05) is 51.1 Å². The van der Waals surface area contributed by atoms with E-state index < -0.39 is 8.32 Å². The molecule has 2 nitrogen and oxygen atoms in total. The molecule has 2 aromatic carbocycles. The van der Waals surface area contributed by atoms with Crippen LogP contribution < -0.4 is 4.43 Å². The second-order valence-corrected chi connectivity index (χ2v) is 12.2. The quantitative estimate of drug-likeness (QED) is 0.503. The maximum Gasteiger partial charge on any atom is 0.242 e. The van der Waals surface area contributed by atoms with E-state index in [0.29, 0.717) is 0 Å². The Kier molecular flexibility index (Phi) is 5.10. The predicted octanol–water partition coefficient (Wildman–Crippen LogP) is 5.95. The Morgan fingerprint density at radius 3 is 2.13 bits per heavy atom. The molecule has 0 amide bonds.